The topological polar surface area (TPSA) is 49.4 Å². The predicted molar refractivity (Wildman–Crippen MR) is 105 cm³/mol. The molecule has 2 fully saturated rings. The number of nitrogens with one attached hydrogen (secondary N) is 1. The summed E-state index contributed by atoms with van der Waals surface area (Å²) in [4.78, 5) is 26.9. The van der Waals surface area contributed by atoms with Crippen molar-refractivity contribution in [2.75, 3.05) is 18.4 Å². The van der Waals surface area contributed by atoms with Gasteiger partial charge in [0.05, 0.1) is 0 Å². The smallest absolute Gasteiger partial charge is 0.225 e. The number of hydrogen-bond acceptors (Lipinski definition) is 2. The lowest BCUT2D eigenvalue weighted by Gasteiger charge is -2.35. The molecule has 2 amide bonds. The van der Waals surface area contributed by atoms with Crippen LogP contribution in [0.3, 0.4) is 0 Å². The van der Waals surface area contributed by atoms with Gasteiger partial charge in [0.25, 0.3) is 0 Å². The van der Waals surface area contributed by atoms with Gasteiger partial charge in [-0.2, -0.15) is 0 Å². The van der Waals surface area contributed by atoms with Crippen LogP contribution in [0.1, 0.15) is 63.4 Å². The Morgan fingerprint density at radius 3 is 2.50 bits per heavy atom. The zero-order chi connectivity index (χ0) is 18.4. The maximum atomic E-state index is 12.6. The number of carbonyl (C=O) groups excluding carboxylic acids is 2. The van der Waals surface area contributed by atoms with E-state index >= 15 is 0 Å². The number of amides is 2. The van der Waals surface area contributed by atoms with Crippen molar-refractivity contribution >= 4 is 17.5 Å². The molecule has 4 nitrogen and oxygen atoms in total. The number of hydrogen-bond donors (Lipinski definition) is 1. The van der Waals surface area contributed by atoms with E-state index in [-0.39, 0.29) is 11.8 Å². The Morgan fingerprint density at radius 1 is 1.08 bits per heavy atom. The van der Waals surface area contributed by atoms with Crippen molar-refractivity contribution < 1.29 is 9.59 Å². The van der Waals surface area contributed by atoms with Gasteiger partial charge in [0.15, 0.2) is 0 Å². The number of anilines is 1. The molecular weight excluding hydrogens is 324 g/mol. The summed E-state index contributed by atoms with van der Waals surface area (Å²) < 4.78 is 0. The Morgan fingerprint density at radius 2 is 1.81 bits per heavy atom. The Bertz CT molecular complexity index is 614. The summed E-state index contributed by atoms with van der Waals surface area (Å²) in [5.74, 6) is 1.32. The van der Waals surface area contributed by atoms with Crippen molar-refractivity contribution in [2.45, 2.75) is 64.7 Å². The Kier molecular flexibility index (Phi) is 6.70. The number of carbonyl (C=O) groups is 2. The third kappa shape index (κ3) is 5.33. The van der Waals surface area contributed by atoms with E-state index in [9.17, 15) is 9.59 Å². The molecule has 1 saturated heterocycles. The molecule has 1 aromatic carbocycles. The first kappa shape index (κ1) is 18.9. The lowest BCUT2D eigenvalue weighted by atomic mass is 9.86. The van der Waals surface area contributed by atoms with Gasteiger partial charge in [-0.1, -0.05) is 31.4 Å². The average Bonchev–Trinajstić information content (AvgIpc) is 2.67. The highest BCUT2D eigenvalue weighted by Crippen LogP contribution is 2.28. The van der Waals surface area contributed by atoms with Crippen LogP contribution in [0.4, 0.5) is 5.69 Å². The molecule has 26 heavy (non-hydrogen) atoms. The van der Waals surface area contributed by atoms with E-state index in [1.807, 2.05) is 31.2 Å². The van der Waals surface area contributed by atoms with Crippen LogP contribution in [0.2, 0.25) is 0 Å². The summed E-state index contributed by atoms with van der Waals surface area (Å²) in [6.07, 6.45) is 9.43. The molecule has 1 aliphatic carbocycles. The molecule has 1 heterocycles. The second-order valence-electron chi connectivity index (χ2n) is 8.06. The van der Waals surface area contributed by atoms with Crippen LogP contribution in [-0.4, -0.2) is 29.8 Å². The predicted octanol–water partition coefficient (Wildman–Crippen LogP) is 4.53. The summed E-state index contributed by atoms with van der Waals surface area (Å²) >= 11 is 0. The zero-order valence-corrected chi connectivity index (χ0v) is 16.0. The summed E-state index contributed by atoms with van der Waals surface area (Å²) in [6.45, 7) is 3.77. The van der Waals surface area contributed by atoms with Crippen molar-refractivity contribution in [1.82, 2.24) is 4.90 Å². The van der Waals surface area contributed by atoms with Crippen LogP contribution in [0.15, 0.2) is 24.3 Å². The summed E-state index contributed by atoms with van der Waals surface area (Å²) in [7, 11) is 0. The van der Waals surface area contributed by atoms with Gasteiger partial charge in [0.1, 0.15) is 0 Å². The second-order valence-corrected chi connectivity index (χ2v) is 8.06. The Balaban J connectivity index is 1.37. The van der Waals surface area contributed by atoms with Crippen LogP contribution in [0.5, 0.6) is 0 Å². The average molecular weight is 357 g/mol. The van der Waals surface area contributed by atoms with E-state index in [0.717, 1.165) is 56.4 Å². The molecule has 0 spiro atoms. The van der Waals surface area contributed by atoms with Gasteiger partial charge in [0, 0.05) is 31.1 Å². The molecule has 0 aromatic heterocycles. The van der Waals surface area contributed by atoms with Gasteiger partial charge >= 0.3 is 0 Å². The summed E-state index contributed by atoms with van der Waals surface area (Å²) in [5, 5.41) is 2.99. The van der Waals surface area contributed by atoms with Crippen LogP contribution in [0, 0.1) is 18.8 Å². The fourth-order valence-electron chi connectivity index (χ4n) is 4.33. The van der Waals surface area contributed by atoms with Crippen LogP contribution >= 0.6 is 0 Å². The van der Waals surface area contributed by atoms with E-state index < -0.39 is 0 Å². The molecule has 0 bridgehead atoms. The minimum atomic E-state index is 0.0938. The summed E-state index contributed by atoms with van der Waals surface area (Å²) in [6, 6.07) is 7.91. The van der Waals surface area contributed by atoms with Crippen molar-refractivity contribution in [1.29, 1.82) is 0 Å². The molecule has 1 aliphatic heterocycles. The van der Waals surface area contributed by atoms with Gasteiger partial charge in [-0.25, -0.2) is 0 Å². The fourth-order valence-corrected chi connectivity index (χ4v) is 4.33. The number of benzene rings is 1. The molecule has 1 N–H and O–H groups in total. The minimum Gasteiger partial charge on any atom is -0.342 e. The first-order valence-electron chi connectivity index (χ1n) is 10.3. The summed E-state index contributed by atoms with van der Waals surface area (Å²) in [5.41, 5.74) is 2.03. The molecule has 4 heteroatoms. The van der Waals surface area contributed by atoms with Crippen molar-refractivity contribution in [2.24, 2.45) is 11.8 Å². The highest BCUT2D eigenvalue weighted by molar-refractivity contribution is 5.90. The van der Waals surface area contributed by atoms with E-state index in [0.29, 0.717) is 18.2 Å². The first-order chi connectivity index (χ1) is 12.6. The largest absolute Gasteiger partial charge is 0.342 e. The van der Waals surface area contributed by atoms with E-state index in [4.69, 9.17) is 0 Å². The number of piperidine rings is 1. The standard InChI is InChI=1S/C22H32N2O2/c1-17-6-5-9-20(16-17)23-21(25)11-10-18-12-14-24(15-13-18)22(26)19-7-3-2-4-8-19/h5-6,9,16,18-19H,2-4,7-8,10-15H2,1H3,(H,23,25). The van der Waals surface area contributed by atoms with Gasteiger partial charge in [0.2, 0.25) is 11.8 Å². The molecule has 0 radical (unpaired) electrons. The van der Waals surface area contributed by atoms with Gasteiger partial charge in [-0.05, 0) is 62.6 Å². The molecule has 0 unspecified atom stereocenters. The zero-order valence-electron chi connectivity index (χ0n) is 16.0. The maximum Gasteiger partial charge on any atom is 0.225 e. The highest BCUT2D eigenvalue weighted by Gasteiger charge is 2.29. The first-order valence-corrected chi connectivity index (χ1v) is 10.3. The SMILES string of the molecule is Cc1cccc(NC(=O)CCC2CCN(C(=O)C3CCCCC3)CC2)c1. The second kappa shape index (κ2) is 9.20. The van der Waals surface area contributed by atoms with Gasteiger partial charge in [-0.3, -0.25) is 9.59 Å². The molecule has 0 atom stereocenters. The van der Waals surface area contributed by atoms with E-state index in [2.05, 4.69) is 10.2 Å². The minimum absolute atomic E-state index is 0.0938. The number of nitrogens with zero attached hydrogens (tertiary/aromatic N) is 1. The molecule has 2 aliphatic rings. The molecule has 3 rings (SSSR count). The van der Waals surface area contributed by atoms with Crippen molar-refractivity contribution in [3.63, 3.8) is 0 Å². The number of rotatable bonds is 5. The highest BCUT2D eigenvalue weighted by atomic mass is 16.2. The molecule has 142 valence electrons. The Labute approximate surface area is 157 Å². The van der Waals surface area contributed by atoms with Crippen molar-refractivity contribution in [3.05, 3.63) is 29.8 Å². The maximum absolute atomic E-state index is 12.6. The third-order valence-corrected chi connectivity index (χ3v) is 5.96. The monoisotopic (exact) mass is 356 g/mol. The van der Waals surface area contributed by atoms with Gasteiger partial charge in [-0.15, -0.1) is 0 Å². The van der Waals surface area contributed by atoms with Gasteiger partial charge < -0.3 is 10.2 Å². The molecule has 1 saturated carbocycles. The lowest BCUT2D eigenvalue weighted by Crippen LogP contribution is -2.42. The van der Waals surface area contributed by atoms with Crippen LogP contribution in [-0.2, 0) is 9.59 Å². The van der Waals surface area contributed by atoms with Crippen LogP contribution < -0.4 is 5.32 Å². The van der Waals surface area contributed by atoms with E-state index in [1.165, 1.54) is 19.3 Å². The number of aryl methyl sites for hydroxylation is 1. The van der Waals surface area contributed by atoms with Crippen LogP contribution in [0.25, 0.3) is 0 Å². The van der Waals surface area contributed by atoms with E-state index in [1.54, 1.807) is 0 Å². The quantitative estimate of drug-likeness (QED) is 0.842. The normalized spacial score (nSPS) is 19.3. The Hall–Kier alpha value is -1.84. The lowest BCUT2D eigenvalue weighted by molar-refractivity contribution is -0.138. The fraction of sp³-hybridized carbons (Fsp3) is 0.636. The third-order valence-electron chi connectivity index (χ3n) is 5.96. The van der Waals surface area contributed by atoms with Crippen molar-refractivity contribution in [3.8, 4) is 0 Å². The molecular formula is C22H32N2O2. The number of likely N-dealkylation sites (tertiary alicyclic amines) is 1. The molecule has 1 aromatic rings.